The van der Waals surface area contributed by atoms with Gasteiger partial charge < -0.3 is 15.0 Å². The van der Waals surface area contributed by atoms with E-state index in [2.05, 4.69) is 5.32 Å². The number of methoxy groups -OCH3 is 1. The predicted molar refractivity (Wildman–Crippen MR) is 169 cm³/mol. The largest absolute Gasteiger partial charge is 0.497 e. The van der Waals surface area contributed by atoms with Crippen molar-refractivity contribution in [3.63, 3.8) is 0 Å². The van der Waals surface area contributed by atoms with Crippen LogP contribution in [0.4, 0.5) is 11.4 Å². The first-order valence-corrected chi connectivity index (χ1v) is 15.7. The Labute approximate surface area is 259 Å². The number of nitrogens with zero attached hydrogens (tertiary/aromatic N) is 3. The number of hydrogen-bond donors (Lipinski definition) is 1. The number of benzene rings is 3. The maximum absolute atomic E-state index is 14.2. The van der Waals surface area contributed by atoms with Crippen LogP contribution >= 0.6 is 0 Å². The number of ether oxygens (including phenoxy) is 1. The van der Waals surface area contributed by atoms with E-state index in [1.807, 2.05) is 51.1 Å². The van der Waals surface area contributed by atoms with Gasteiger partial charge in [0.15, 0.2) is 0 Å². The molecule has 0 bridgehead atoms. The van der Waals surface area contributed by atoms with Crippen molar-refractivity contribution in [2.45, 2.75) is 63.9 Å². The van der Waals surface area contributed by atoms with Gasteiger partial charge in [-0.2, -0.15) is 0 Å². The fourth-order valence-electron chi connectivity index (χ4n) is 4.70. The van der Waals surface area contributed by atoms with E-state index in [0.717, 1.165) is 15.9 Å². The number of carbonyl (C=O) groups excluding carboxylic acids is 2. The predicted octanol–water partition coefficient (Wildman–Crippen LogP) is 4.87. The normalized spacial score (nSPS) is 12.2. The van der Waals surface area contributed by atoms with E-state index in [0.29, 0.717) is 24.2 Å². The molecule has 0 saturated heterocycles. The van der Waals surface area contributed by atoms with Crippen LogP contribution in [0.1, 0.15) is 45.2 Å². The molecule has 0 aromatic heterocycles. The van der Waals surface area contributed by atoms with E-state index in [-0.39, 0.29) is 28.7 Å². The lowest BCUT2D eigenvalue weighted by molar-refractivity contribution is -0.385. The molecule has 0 radical (unpaired) electrons. The number of anilines is 1. The summed E-state index contributed by atoms with van der Waals surface area (Å²) < 4.78 is 34.3. The summed E-state index contributed by atoms with van der Waals surface area (Å²) in [7, 11) is -3.01. The molecule has 3 aromatic carbocycles. The van der Waals surface area contributed by atoms with Crippen LogP contribution < -0.4 is 14.4 Å². The number of sulfonamides is 1. The summed E-state index contributed by atoms with van der Waals surface area (Å²) in [6, 6.07) is 18.3. The van der Waals surface area contributed by atoms with Crippen molar-refractivity contribution in [1.82, 2.24) is 10.2 Å². The van der Waals surface area contributed by atoms with Crippen LogP contribution in [0, 0.1) is 17.0 Å². The topological polar surface area (TPSA) is 139 Å². The summed E-state index contributed by atoms with van der Waals surface area (Å²) >= 11 is 0. The molecule has 0 fully saturated rings. The molecule has 1 N–H and O–H groups in total. The molecule has 0 saturated carbocycles. The SMILES string of the molecule is CC[C@@H](C(=O)NC(C)(C)C)N(CCc1ccccc1)C(=O)CN(c1ccc(OC)cc1)S(=O)(=O)c1ccc(C)c([N+](=O)[O-])c1. The number of nitrogens with one attached hydrogen (secondary N) is 1. The Morgan fingerprint density at radius 3 is 2.20 bits per heavy atom. The highest BCUT2D eigenvalue weighted by atomic mass is 32.2. The zero-order valence-electron chi connectivity index (χ0n) is 25.9. The molecule has 44 heavy (non-hydrogen) atoms. The van der Waals surface area contributed by atoms with Gasteiger partial charge in [-0.05, 0) is 76.4 Å². The second-order valence-electron chi connectivity index (χ2n) is 11.4. The van der Waals surface area contributed by atoms with E-state index in [1.165, 1.54) is 43.2 Å². The summed E-state index contributed by atoms with van der Waals surface area (Å²) in [5.74, 6) is -0.481. The number of nitro groups is 1. The number of aryl methyl sites for hydroxylation is 1. The van der Waals surface area contributed by atoms with Crippen LogP contribution in [0.25, 0.3) is 0 Å². The van der Waals surface area contributed by atoms with Crippen molar-refractivity contribution in [2.75, 3.05) is 24.5 Å². The van der Waals surface area contributed by atoms with Crippen molar-refractivity contribution in [1.29, 1.82) is 0 Å². The third kappa shape index (κ3) is 8.56. The first-order valence-electron chi connectivity index (χ1n) is 14.2. The molecule has 12 heteroatoms. The third-order valence-electron chi connectivity index (χ3n) is 6.97. The Kier molecular flexibility index (Phi) is 11.1. The Bertz CT molecular complexity index is 1570. The van der Waals surface area contributed by atoms with Gasteiger partial charge in [0.05, 0.1) is 22.6 Å². The summed E-state index contributed by atoms with van der Waals surface area (Å²) in [5, 5.41) is 14.6. The minimum absolute atomic E-state index is 0.151. The first kappa shape index (κ1) is 34.0. The first-order chi connectivity index (χ1) is 20.7. The lowest BCUT2D eigenvalue weighted by Crippen LogP contribution is -2.56. The number of rotatable bonds is 13. The molecule has 3 rings (SSSR count). The van der Waals surface area contributed by atoms with Crippen molar-refractivity contribution in [3.05, 3.63) is 94.0 Å². The molecule has 3 aromatic rings. The highest BCUT2D eigenvalue weighted by Gasteiger charge is 2.35. The minimum atomic E-state index is -4.48. The number of amides is 2. The number of nitro benzene ring substituents is 1. The summed E-state index contributed by atoms with van der Waals surface area (Å²) in [4.78, 5) is 39.6. The molecule has 236 valence electrons. The van der Waals surface area contributed by atoms with E-state index in [9.17, 15) is 28.1 Å². The lowest BCUT2D eigenvalue weighted by Gasteiger charge is -2.34. The second kappa shape index (κ2) is 14.3. The van der Waals surface area contributed by atoms with E-state index in [4.69, 9.17) is 4.74 Å². The highest BCUT2D eigenvalue weighted by molar-refractivity contribution is 7.92. The monoisotopic (exact) mass is 624 g/mol. The molecule has 0 heterocycles. The number of hydrogen-bond acceptors (Lipinski definition) is 7. The minimum Gasteiger partial charge on any atom is -0.497 e. The Hall–Kier alpha value is -4.45. The Balaban J connectivity index is 2.08. The van der Waals surface area contributed by atoms with E-state index in [1.54, 1.807) is 19.1 Å². The highest BCUT2D eigenvalue weighted by Crippen LogP contribution is 2.29. The van der Waals surface area contributed by atoms with Gasteiger partial charge in [-0.15, -0.1) is 0 Å². The summed E-state index contributed by atoms with van der Waals surface area (Å²) in [5.41, 5.74) is 0.475. The van der Waals surface area contributed by atoms with Crippen LogP contribution in [0.15, 0.2) is 77.7 Å². The maximum atomic E-state index is 14.2. The molecule has 0 unspecified atom stereocenters. The standard InChI is InChI=1S/C32H40N4O7S/c1-7-28(31(38)33-32(3,4)5)34(20-19-24-11-9-8-10-12-24)30(37)22-35(25-14-16-26(43-6)17-15-25)44(41,42)27-18-13-23(2)29(21-27)36(39)40/h8-18,21,28H,7,19-20,22H2,1-6H3,(H,33,38)/t28-/m0/s1. The third-order valence-corrected chi connectivity index (χ3v) is 8.74. The van der Waals surface area contributed by atoms with Crippen molar-refractivity contribution in [3.8, 4) is 5.75 Å². The lowest BCUT2D eigenvalue weighted by atomic mass is 10.1. The van der Waals surface area contributed by atoms with E-state index >= 15 is 0 Å². The molecular formula is C32H40N4O7S. The molecular weight excluding hydrogens is 584 g/mol. The van der Waals surface area contributed by atoms with Gasteiger partial charge in [-0.25, -0.2) is 8.42 Å². The average Bonchev–Trinajstić information content (AvgIpc) is 2.97. The van der Waals surface area contributed by atoms with Gasteiger partial charge in [0, 0.05) is 23.7 Å². The molecule has 2 amide bonds. The Morgan fingerprint density at radius 1 is 1.02 bits per heavy atom. The zero-order valence-corrected chi connectivity index (χ0v) is 26.8. The summed E-state index contributed by atoms with van der Waals surface area (Å²) in [6.07, 6.45) is 0.729. The molecule has 0 spiro atoms. The maximum Gasteiger partial charge on any atom is 0.273 e. The van der Waals surface area contributed by atoms with Crippen LogP contribution in [0.2, 0.25) is 0 Å². The van der Waals surface area contributed by atoms with Crippen LogP contribution in [-0.2, 0) is 26.0 Å². The Morgan fingerprint density at radius 2 is 1.66 bits per heavy atom. The zero-order chi connectivity index (χ0) is 32.7. The van der Waals surface area contributed by atoms with Crippen molar-refractivity contribution < 1.29 is 27.7 Å². The van der Waals surface area contributed by atoms with Crippen LogP contribution in [-0.4, -0.2) is 61.8 Å². The van der Waals surface area contributed by atoms with Crippen molar-refractivity contribution in [2.24, 2.45) is 0 Å². The van der Waals surface area contributed by atoms with Gasteiger partial charge in [-0.1, -0.05) is 43.3 Å². The molecule has 0 aliphatic carbocycles. The fourth-order valence-corrected chi connectivity index (χ4v) is 6.13. The average molecular weight is 625 g/mol. The number of carbonyl (C=O) groups is 2. The van der Waals surface area contributed by atoms with Crippen molar-refractivity contribution >= 4 is 33.2 Å². The van der Waals surface area contributed by atoms with E-state index < -0.39 is 39.0 Å². The summed E-state index contributed by atoms with van der Waals surface area (Å²) in [6.45, 7) is 8.33. The smallest absolute Gasteiger partial charge is 0.273 e. The van der Waals surface area contributed by atoms with Gasteiger partial charge in [0.1, 0.15) is 18.3 Å². The second-order valence-corrected chi connectivity index (χ2v) is 13.3. The molecule has 0 aliphatic heterocycles. The van der Waals surface area contributed by atoms with Gasteiger partial charge in [0.2, 0.25) is 11.8 Å². The quantitative estimate of drug-likeness (QED) is 0.211. The van der Waals surface area contributed by atoms with Crippen LogP contribution in [0.5, 0.6) is 5.75 Å². The van der Waals surface area contributed by atoms with Gasteiger partial charge in [0.25, 0.3) is 15.7 Å². The van der Waals surface area contributed by atoms with Gasteiger partial charge in [-0.3, -0.25) is 24.0 Å². The molecule has 1 atom stereocenters. The van der Waals surface area contributed by atoms with Gasteiger partial charge >= 0.3 is 0 Å². The fraction of sp³-hybridized carbons (Fsp3) is 0.375. The molecule has 0 aliphatic rings. The van der Waals surface area contributed by atoms with Crippen LogP contribution in [0.3, 0.4) is 0 Å². The molecule has 11 nitrogen and oxygen atoms in total.